The van der Waals surface area contributed by atoms with Gasteiger partial charge in [-0.15, -0.1) is 0 Å². The average molecular weight is 394 g/mol. The van der Waals surface area contributed by atoms with E-state index in [2.05, 4.69) is 15.8 Å². The topological polar surface area (TPSA) is 55.5 Å². The van der Waals surface area contributed by atoms with Gasteiger partial charge in [0.25, 0.3) is 0 Å². The molecule has 1 aromatic carbocycles. The Kier molecular flexibility index (Phi) is 3.14. The van der Waals surface area contributed by atoms with Crippen LogP contribution in [0.2, 0.25) is 0 Å². The van der Waals surface area contributed by atoms with E-state index in [0.29, 0.717) is 37.5 Å². The minimum absolute atomic E-state index is 0.0962. The Bertz CT molecular complexity index is 947. The van der Waals surface area contributed by atoms with Crippen LogP contribution in [0.5, 0.6) is 5.75 Å². The molecular weight excluding hydrogens is 368 g/mol. The first-order valence-electron chi connectivity index (χ1n) is 11.1. The predicted molar refractivity (Wildman–Crippen MR) is 104 cm³/mol. The molecule has 0 aromatic heterocycles. The molecule has 3 aliphatic heterocycles. The fraction of sp³-hybridized carbons (Fsp3) is 0.696. The van der Waals surface area contributed by atoms with Crippen LogP contribution >= 0.6 is 0 Å². The molecule has 1 aromatic rings. The summed E-state index contributed by atoms with van der Waals surface area (Å²) in [5, 5.41) is 12.4. The zero-order valence-corrected chi connectivity index (χ0v) is 16.5. The maximum Gasteiger partial charge on any atom is 0.228 e. The molecule has 4 atom stereocenters. The van der Waals surface area contributed by atoms with Crippen molar-refractivity contribution < 1.29 is 19.3 Å². The van der Waals surface area contributed by atoms with Gasteiger partial charge >= 0.3 is 0 Å². The fourth-order valence-corrected chi connectivity index (χ4v) is 7.29. The van der Waals surface area contributed by atoms with Crippen LogP contribution in [0.4, 0.5) is 5.69 Å². The van der Waals surface area contributed by atoms with Crippen molar-refractivity contribution >= 4 is 5.69 Å². The second-order valence-corrected chi connectivity index (χ2v) is 9.87. The molecule has 6 aliphatic rings. The van der Waals surface area contributed by atoms with Gasteiger partial charge in [0.1, 0.15) is 5.75 Å². The van der Waals surface area contributed by atoms with Crippen LogP contribution in [0.15, 0.2) is 12.1 Å². The highest BCUT2D eigenvalue weighted by Gasteiger charge is 2.77. The van der Waals surface area contributed by atoms with Crippen LogP contribution in [0.3, 0.4) is 0 Å². The number of nitrogens with zero attached hydrogens (tertiary/aromatic N) is 2. The first-order chi connectivity index (χ1) is 14.1. The molecule has 29 heavy (non-hydrogen) atoms. The van der Waals surface area contributed by atoms with Crippen molar-refractivity contribution in [1.29, 1.82) is 0 Å². The van der Waals surface area contributed by atoms with Crippen molar-refractivity contribution in [1.82, 2.24) is 4.90 Å². The lowest BCUT2D eigenvalue weighted by Gasteiger charge is -2.65. The summed E-state index contributed by atoms with van der Waals surface area (Å²) in [4.78, 5) is 6.30. The third kappa shape index (κ3) is 1.87. The van der Waals surface area contributed by atoms with Crippen molar-refractivity contribution in [3.63, 3.8) is 0 Å². The second kappa shape index (κ2) is 5.33. The first-order valence-corrected chi connectivity index (χ1v) is 11.1. The van der Waals surface area contributed by atoms with E-state index < -0.39 is 22.9 Å². The van der Waals surface area contributed by atoms with Gasteiger partial charge in [-0.05, 0) is 55.7 Å². The number of hydrogen-bond acceptors (Lipinski definition) is 5. The molecule has 4 fully saturated rings. The van der Waals surface area contributed by atoms with Gasteiger partial charge in [-0.2, -0.15) is 0 Å². The molecule has 2 saturated carbocycles. The zero-order chi connectivity index (χ0) is 19.4. The highest BCUT2D eigenvalue weighted by atomic mass is 16.8. The van der Waals surface area contributed by atoms with Crippen molar-refractivity contribution in [2.45, 2.75) is 67.5 Å². The summed E-state index contributed by atoms with van der Waals surface area (Å²) in [5.74, 6) is 0.666. The molecule has 3 heterocycles. The quantitative estimate of drug-likeness (QED) is 0.782. The van der Waals surface area contributed by atoms with E-state index in [0.717, 1.165) is 37.4 Å². The molecule has 0 radical (unpaired) electrons. The van der Waals surface area contributed by atoms with E-state index >= 15 is 0 Å². The highest BCUT2D eigenvalue weighted by Crippen LogP contribution is 2.68. The smallest absolute Gasteiger partial charge is 0.228 e. The Morgan fingerprint density at radius 1 is 1.17 bits per heavy atom. The largest absolute Gasteiger partial charge is 0.494 e. The SMILES string of the molecule is [C-]#[N+]c1ccc2c3c1OC1C4(CCC5(O)[C@@H](C2)N(CC2CC2)CC[C@]315)OCCO4. The lowest BCUT2D eigenvalue weighted by atomic mass is 9.48. The maximum atomic E-state index is 12.4. The zero-order valence-electron chi connectivity index (χ0n) is 16.5. The normalized spacial score (nSPS) is 41.1. The van der Waals surface area contributed by atoms with E-state index in [-0.39, 0.29) is 6.04 Å². The Hall–Kier alpha value is -1.65. The Morgan fingerprint density at radius 3 is 2.76 bits per heavy atom. The standard InChI is InChI=1S/C23H26N2O4/c1-24-16-5-4-15-12-17-22(26)6-7-23(27-10-11-28-23)20-21(22,18(15)19(16)29-20)8-9-25(17)13-14-2-3-14/h4-5,14,17,20,26H,2-3,6-13H2/t17-,20?,21+,22?/m1/s1. The highest BCUT2D eigenvalue weighted by molar-refractivity contribution is 5.70. The monoisotopic (exact) mass is 394 g/mol. The molecule has 1 N–H and O–H groups in total. The Balaban J connectivity index is 1.46. The van der Waals surface area contributed by atoms with Gasteiger partial charge in [-0.25, -0.2) is 4.85 Å². The van der Waals surface area contributed by atoms with E-state index in [1.807, 2.05) is 6.07 Å². The van der Waals surface area contributed by atoms with Crippen molar-refractivity contribution in [2.24, 2.45) is 5.92 Å². The van der Waals surface area contributed by atoms with Gasteiger partial charge in [0.2, 0.25) is 11.5 Å². The molecule has 7 rings (SSSR count). The van der Waals surface area contributed by atoms with Crippen LogP contribution in [0, 0.1) is 12.5 Å². The minimum Gasteiger partial charge on any atom is -0.494 e. The van der Waals surface area contributed by atoms with E-state index in [9.17, 15) is 5.11 Å². The predicted octanol–water partition coefficient (Wildman–Crippen LogP) is 2.54. The van der Waals surface area contributed by atoms with Gasteiger partial charge in [0.05, 0.1) is 30.8 Å². The molecule has 2 saturated heterocycles. The third-order valence-electron chi connectivity index (χ3n) is 8.66. The number of piperidine rings is 1. The van der Waals surface area contributed by atoms with Crippen molar-refractivity contribution in [3.8, 4) is 5.75 Å². The number of ether oxygens (including phenoxy) is 3. The summed E-state index contributed by atoms with van der Waals surface area (Å²) in [6.07, 6.45) is 5.19. The fourth-order valence-electron chi connectivity index (χ4n) is 7.29. The lowest BCUT2D eigenvalue weighted by Crippen LogP contribution is -2.79. The summed E-state index contributed by atoms with van der Waals surface area (Å²) in [7, 11) is 0. The number of benzene rings is 1. The average Bonchev–Trinajstić information content (AvgIpc) is 3.28. The van der Waals surface area contributed by atoms with Gasteiger partial charge in [0, 0.05) is 19.0 Å². The van der Waals surface area contributed by atoms with Gasteiger partial charge in [-0.3, -0.25) is 4.90 Å². The molecule has 2 unspecified atom stereocenters. The summed E-state index contributed by atoms with van der Waals surface area (Å²) in [5.41, 5.74) is 1.44. The van der Waals surface area contributed by atoms with Crippen LogP contribution in [0.1, 0.15) is 43.2 Å². The number of fused-ring (bicyclic) bond motifs is 1. The Labute approximate surface area is 170 Å². The van der Waals surface area contributed by atoms with Crippen LogP contribution in [0.25, 0.3) is 4.85 Å². The summed E-state index contributed by atoms with van der Waals surface area (Å²) in [6, 6.07) is 4.09. The van der Waals surface area contributed by atoms with Crippen LogP contribution < -0.4 is 4.74 Å². The van der Waals surface area contributed by atoms with Gasteiger partial charge in [-0.1, -0.05) is 12.1 Å². The molecule has 6 heteroatoms. The summed E-state index contributed by atoms with van der Waals surface area (Å²) < 4.78 is 19.0. The van der Waals surface area contributed by atoms with Gasteiger partial charge in [0.15, 0.2) is 6.10 Å². The Morgan fingerprint density at radius 2 is 2.00 bits per heavy atom. The third-order valence-corrected chi connectivity index (χ3v) is 8.66. The van der Waals surface area contributed by atoms with E-state index in [1.165, 1.54) is 18.4 Å². The summed E-state index contributed by atoms with van der Waals surface area (Å²) >= 11 is 0. The number of aliphatic hydroxyl groups is 1. The van der Waals surface area contributed by atoms with Crippen LogP contribution in [-0.2, 0) is 21.3 Å². The summed E-state index contributed by atoms with van der Waals surface area (Å²) in [6.45, 7) is 10.8. The minimum atomic E-state index is -0.871. The van der Waals surface area contributed by atoms with Crippen LogP contribution in [-0.4, -0.2) is 59.8 Å². The first kappa shape index (κ1) is 17.1. The molecule has 6 nitrogen and oxygen atoms in total. The second-order valence-electron chi connectivity index (χ2n) is 9.87. The maximum absolute atomic E-state index is 12.4. The molecule has 0 amide bonds. The van der Waals surface area contributed by atoms with Crippen molar-refractivity contribution in [2.75, 3.05) is 26.3 Å². The molecule has 2 spiro atoms. The molecular formula is C23H26N2O4. The van der Waals surface area contributed by atoms with Crippen molar-refractivity contribution in [3.05, 3.63) is 34.7 Å². The number of hydrogen-bond donors (Lipinski definition) is 1. The lowest BCUT2D eigenvalue weighted by molar-refractivity contribution is -0.296. The molecule has 3 aliphatic carbocycles. The molecule has 2 bridgehead atoms. The number of rotatable bonds is 2. The number of likely N-dealkylation sites (tertiary alicyclic amines) is 1. The molecule has 152 valence electrons. The van der Waals surface area contributed by atoms with Gasteiger partial charge < -0.3 is 19.3 Å². The van der Waals surface area contributed by atoms with E-state index in [4.69, 9.17) is 20.8 Å². The van der Waals surface area contributed by atoms with E-state index in [1.54, 1.807) is 0 Å².